The van der Waals surface area contributed by atoms with E-state index >= 15 is 0 Å². The molecule has 0 aliphatic carbocycles. The highest BCUT2D eigenvalue weighted by Gasteiger charge is 2.12. The zero-order valence-electron chi connectivity index (χ0n) is 10.3. The topological polar surface area (TPSA) is 53.2 Å². The standard InChI is InChI=1S/C15H12INO2/c1-10(18)12-7-6-11(9-17)8-15(12)19-14-5-3-2-4-13(14)16/h2-8,10,18H,1H3/t10-/m0/s1. The SMILES string of the molecule is C[C@H](O)c1ccc(C#N)cc1Oc1ccccc1I. The lowest BCUT2D eigenvalue weighted by molar-refractivity contribution is 0.195. The highest BCUT2D eigenvalue weighted by atomic mass is 127. The van der Waals surface area contributed by atoms with E-state index in [2.05, 4.69) is 28.7 Å². The van der Waals surface area contributed by atoms with Crippen LogP contribution in [0.2, 0.25) is 0 Å². The van der Waals surface area contributed by atoms with Gasteiger partial charge in [0.05, 0.1) is 21.3 Å². The lowest BCUT2D eigenvalue weighted by atomic mass is 10.1. The van der Waals surface area contributed by atoms with Crippen molar-refractivity contribution in [2.45, 2.75) is 13.0 Å². The van der Waals surface area contributed by atoms with Crippen molar-refractivity contribution in [3.8, 4) is 17.6 Å². The Hall–Kier alpha value is -1.58. The molecule has 2 aromatic carbocycles. The van der Waals surface area contributed by atoms with Gasteiger partial charge < -0.3 is 9.84 Å². The second-order valence-electron chi connectivity index (χ2n) is 4.07. The van der Waals surface area contributed by atoms with E-state index in [1.807, 2.05) is 24.3 Å². The van der Waals surface area contributed by atoms with Gasteiger partial charge in [0.25, 0.3) is 0 Å². The summed E-state index contributed by atoms with van der Waals surface area (Å²) in [6.07, 6.45) is -0.649. The van der Waals surface area contributed by atoms with E-state index in [-0.39, 0.29) is 0 Å². The fourth-order valence-corrected chi connectivity index (χ4v) is 2.18. The molecule has 0 bridgehead atoms. The van der Waals surface area contributed by atoms with Crippen molar-refractivity contribution in [1.82, 2.24) is 0 Å². The number of hydrogen-bond acceptors (Lipinski definition) is 3. The van der Waals surface area contributed by atoms with Gasteiger partial charge in [0.1, 0.15) is 11.5 Å². The predicted molar refractivity (Wildman–Crippen MR) is 81.0 cm³/mol. The van der Waals surface area contributed by atoms with E-state index in [9.17, 15) is 5.11 Å². The molecule has 2 aromatic rings. The number of aliphatic hydroxyl groups excluding tert-OH is 1. The highest BCUT2D eigenvalue weighted by Crippen LogP contribution is 2.32. The molecule has 0 aliphatic heterocycles. The summed E-state index contributed by atoms with van der Waals surface area (Å²) in [6.45, 7) is 1.67. The maximum absolute atomic E-state index is 9.75. The molecule has 0 saturated carbocycles. The van der Waals surface area contributed by atoms with Crippen molar-refractivity contribution in [3.63, 3.8) is 0 Å². The second kappa shape index (κ2) is 6.04. The summed E-state index contributed by atoms with van der Waals surface area (Å²) in [6, 6.07) is 14.7. The third-order valence-electron chi connectivity index (χ3n) is 2.65. The van der Waals surface area contributed by atoms with Crippen LogP contribution >= 0.6 is 22.6 Å². The number of hydrogen-bond donors (Lipinski definition) is 1. The van der Waals surface area contributed by atoms with Gasteiger partial charge in [-0.3, -0.25) is 0 Å². The quantitative estimate of drug-likeness (QED) is 0.837. The third-order valence-corrected chi connectivity index (χ3v) is 3.54. The Morgan fingerprint density at radius 2 is 1.95 bits per heavy atom. The molecule has 0 saturated heterocycles. The van der Waals surface area contributed by atoms with Crippen molar-refractivity contribution < 1.29 is 9.84 Å². The number of ether oxygens (including phenoxy) is 1. The Bertz CT molecular complexity index is 632. The van der Waals surface area contributed by atoms with Gasteiger partial charge in [0.15, 0.2) is 0 Å². The van der Waals surface area contributed by atoms with Gasteiger partial charge in [-0.1, -0.05) is 18.2 Å². The normalized spacial score (nSPS) is 11.7. The molecule has 2 rings (SSSR count). The first-order valence-electron chi connectivity index (χ1n) is 5.76. The summed E-state index contributed by atoms with van der Waals surface area (Å²) in [7, 11) is 0. The molecule has 96 valence electrons. The lowest BCUT2D eigenvalue weighted by Gasteiger charge is -2.14. The Kier molecular flexibility index (Phi) is 4.40. The molecule has 1 atom stereocenters. The second-order valence-corrected chi connectivity index (χ2v) is 5.24. The van der Waals surface area contributed by atoms with E-state index in [4.69, 9.17) is 10.00 Å². The zero-order chi connectivity index (χ0) is 13.8. The molecule has 3 nitrogen and oxygen atoms in total. The first-order valence-corrected chi connectivity index (χ1v) is 6.84. The Morgan fingerprint density at radius 1 is 1.21 bits per heavy atom. The highest BCUT2D eigenvalue weighted by molar-refractivity contribution is 14.1. The number of para-hydroxylation sites is 1. The third kappa shape index (κ3) is 3.25. The summed E-state index contributed by atoms with van der Waals surface area (Å²) in [5, 5.41) is 18.7. The lowest BCUT2D eigenvalue weighted by Crippen LogP contribution is -1.97. The van der Waals surface area contributed by atoms with Gasteiger partial charge in [-0.25, -0.2) is 0 Å². The Balaban J connectivity index is 2.44. The van der Waals surface area contributed by atoms with Crippen LogP contribution in [0.4, 0.5) is 0 Å². The molecule has 0 spiro atoms. The molecule has 0 heterocycles. The fraction of sp³-hybridized carbons (Fsp3) is 0.133. The van der Waals surface area contributed by atoms with Crippen LogP contribution in [-0.4, -0.2) is 5.11 Å². The van der Waals surface area contributed by atoms with Gasteiger partial charge in [0.2, 0.25) is 0 Å². The van der Waals surface area contributed by atoms with Crippen LogP contribution in [0.5, 0.6) is 11.5 Å². The molecular formula is C15H12INO2. The number of nitrogens with zero attached hydrogens (tertiary/aromatic N) is 1. The first-order chi connectivity index (χ1) is 9.11. The first kappa shape index (κ1) is 13.8. The predicted octanol–water partition coefficient (Wildman–Crippen LogP) is 4.01. The monoisotopic (exact) mass is 365 g/mol. The zero-order valence-corrected chi connectivity index (χ0v) is 12.5. The number of benzene rings is 2. The Morgan fingerprint density at radius 3 is 2.58 bits per heavy atom. The molecule has 0 fully saturated rings. The van der Waals surface area contributed by atoms with Crippen molar-refractivity contribution in [2.24, 2.45) is 0 Å². The number of rotatable bonds is 3. The number of halogens is 1. The average Bonchev–Trinajstić information content (AvgIpc) is 2.41. The fourth-order valence-electron chi connectivity index (χ4n) is 1.68. The summed E-state index contributed by atoms with van der Waals surface area (Å²) < 4.78 is 6.80. The average molecular weight is 365 g/mol. The maximum atomic E-state index is 9.75. The summed E-state index contributed by atoms with van der Waals surface area (Å²) in [5.41, 5.74) is 1.17. The van der Waals surface area contributed by atoms with Crippen LogP contribution < -0.4 is 4.74 Å². The van der Waals surface area contributed by atoms with E-state index in [0.717, 1.165) is 3.57 Å². The van der Waals surface area contributed by atoms with Crippen LogP contribution in [0.25, 0.3) is 0 Å². The van der Waals surface area contributed by atoms with Crippen LogP contribution in [0.3, 0.4) is 0 Å². The summed E-state index contributed by atoms with van der Waals surface area (Å²) in [4.78, 5) is 0. The van der Waals surface area contributed by atoms with Crippen molar-refractivity contribution in [3.05, 3.63) is 57.2 Å². The maximum Gasteiger partial charge on any atom is 0.140 e. The van der Waals surface area contributed by atoms with Crippen molar-refractivity contribution in [1.29, 1.82) is 5.26 Å². The largest absolute Gasteiger partial charge is 0.456 e. The molecule has 0 aliphatic rings. The molecule has 19 heavy (non-hydrogen) atoms. The molecular weight excluding hydrogens is 353 g/mol. The molecule has 0 unspecified atom stereocenters. The molecule has 0 aromatic heterocycles. The van der Waals surface area contributed by atoms with E-state index in [1.54, 1.807) is 25.1 Å². The number of aliphatic hydroxyl groups is 1. The van der Waals surface area contributed by atoms with Gasteiger partial charge in [-0.2, -0.15) is 5.26 Å². The van der Waals surface area contributed by atoms with Gasteiger partial charge in [0, 0.05) is 5.56 Å². The van der Waals surface area contributed by atoms with Crippen LogP contribution in [-0.2, 0) is 0 Å². The van der Waals surface area contributed by atoms with Crippen LogP contribution in [0.15, 0.2) is 42.5 Å². The minimum Gasteiger partial charge on any atom is -0.456 e. The van der Waals surface area contributed by atoms with Gasteiger partial charge in [-0.05, 0) is 53.8 Å². The van der Waals surface area contributed by atoms with Crippen LogP contribution in [0, 0.1) is 14.9 Å². The molecule has 1 N–H and O–H groups in total. The van der Waals surface area contributed by atoms with Crippen molar-refractivity contribution in [2.75, 3.05) is 0 Å². The molecule has 0 radical (unpaired) electrons. The van der Waals surface area contributed by atoms with Gasteiger partial charge in [-0.15, -0.1) is 0 Å². The van der Waals surface area contributed by atoms with E-state index < -0.39 is 6.10 Å². The minimum absolute atomic E-state index is 0.505. The minimum atomic E-state index is -0.649. The smallest absolute Gasteiger partial charge is 0.140 e. The molecule has 0 amide bonds. The molecule has 4 heteroatoms. The van der Waals surface area contributed by atoms with E-state index in [1.165, 1.54) is 0 Å². The Labute approximate surface area is 125 Å². The van der Waals surface area contributed by atoms with Gasteiger partial charge >= 0.3 is 0 Å². The number of nitriles is 1. The van der Waals surface area contributed by atoms with Crippen LogP contribution in [0.1, 0.15) is 24.2 Å². The van der Waals surface area contributed by atoms with Crippen molar-refractivity contribution >= 4 is 22.6 Å². The summed E-state index contributed by atoms with van der Waals surface area (Å²) in [5.74, 6) is 1.22. The van der Waals surface area contributed by atoms with E-state index in [0.29, 0.717) is 22.6 Å². The summed E-state index contributed by atoms with van der Waals surface area (Å²) >= 11 is 2.18.